The zero-order valence-electron chi connectivity index (χ0n) is 22.4. The molecule has 0 atom stereocenters. The summed E-state index contributed by atoms with van der Waals surface area (Å²) in [7, 11) is 0. The first-order valence-corrected chi connectivity index (χ1v) is 13.9. The number of hydrogen-bond donors (Lipinski definition) is 0. The average Bonchev–Trinajstić information content (AvgIpc) is 2.89. The molecule has 0 heterocycles. The maximum absolute atomic E-state index is 5.63. The molecule has 0 saturated carbocycles. The number of ether oxygens (including phenoxy) is 6. The third-order valence-electron chi connectivity index (χ3n) is 5.61. The molecule has 6 nitrogen and oxygen atoms in total. The second-order valence-electron chi connectivity index (χ2n) is 8.78. The van der Waals surface area contributed by atoms with Crippen molar-refractivity contribution in [1.82, 2.24) is 0 Å². The molecule has 0 amide bonds. The van der Waals surface area contributed by atoms with Crippen LogP contribution in [-0.4, -0.2) is 72.7 Å². The first-order valence-electron chi connectivity index (χ1n) is 13.9. The Kier molecular flexibility index (Phi) is 25.2. The molecule has 0 saturated heterocycles. The van der Waals surface area contributed by atoms with Crippen molar-refractivity contribution in [3.8, 4) is 0 Å². The molecule has 0 bridgehead atoms. The average molecular weight is 497 g/mol. The molecule has 0 aliphatic carbocycles. The zero-order valence-corrected chi connectivity index (χ0v) is 22.4. The van der Waals surface area contributed by atoms with Gasteiger partial charge in [0.1, 0.15) is 0 Å². The van der Waals surface area contributed by atoms with Crippen LogP contribution in [0.2, 0.25) is 0 Å². The molecule has 0 radical (unpaired) electrons. The number of hydrogen-bond acceptors (Lipinski definition) is 6. The van der Waals surface area contributed by atoms with Gasteiger partial charge in [0.2, 0.25) is 0 Å². The summed E-state index contributed by atoms with van der Waals surface area (Å²) >= 11 is 0. The Bertz CT molecular complexity index is 513. The van der Waals surface area contributed by atoms with Crippen LogP contribution in [0.15, 0.2) is 30.3 Å². The monoisotopic (exact) mass is 496 g/mol. The van der Waals surface area contributed by atoms with E-state index in [1.165, 1.54) is 63.4 Å². The van der Waals surface area contributed by atoms with E-state index in [1.807, 2.05) is 18.2 Å². The Morgan fingerprint density at radius 2 is 0.771 bits per heavy atom. The highest BCUT2D eigenvalue weighted by atomic mass is 16.6. The van der Waals surface area contributed by atoms with Crippen molar-refractivity contribution in [3.63, 3.8) is 0 Å². The van der Waals surface area contributed by atoms with Gasteiger partial charge in [0.15, 0.2) is 0 Å². The summed E-state index contributed by atoms with van der Waals surface area (Å²) in [5.41, 5.74) is 1.18. The molecule has 1 aromatic carbocycles. The highest BCUT2D eigenvalue weighted by molar-refractivity contribution is 5.13. The van der Waals surface area contributed by atoms with E-state index < -0.39 is 0 Å². The molecule has 0 unspecified atom stereocenters. The summed E-state index contributed by atoms with van der Waals surface area (Å²) in [6.45, 7) is 9.63. The van der Waals surface area contributed by atoms with Crippen molar-refractivity contribution < 1.29 is 28.4 Å². The first kappa shape index (κ1) is 32.0. The minimum absolute atomic E-state index is 0.564. The fourth-order valence-electron chi connectivity index (χ4n) is 3.56. The summed E-state index contributed by atoms with van der Waals surface area (Å²) < 4.78 is 33.2. The zero-order chi connectivity index (χ0) is 24.9. The normalized spacial score (nSPS) is 11.3. The smallest absolute Gasteiger partial charge is 0.0718 e. The lowest BCUT2D eigenvalue weighted by molar-refractivity contribution is -0.0178. The summed E-state index contributed by atoms with van der Waals surface area (Å²) in [5.74, 6) is 0. The minimum atomic E-state index is 0.564. The Balaban J connectivity index is 1.63. The summed E-state index contributed by atoms with van der Waals surface area (Å²) in [6.07, 6.45) is 13.5. The van der Waals surface area contributed by atoms with Crippen LogP contribution in [-0.2, 0) is 35.0 Å². The van der Waals surface area contributed by atoms with Crippen molar-refractivity contribution in [2.75, 3.05) is 72.7 Å². The fourth-order valence-corrected chi connectivity index (χ4v) is 3.56. The van der Waals surface area contributed by atoms with Gasteiger partial charge in [0, 0.05) is 6.61 Å². The van der Waals surface area contributed by atoms with Gasteiger partial charge in [-0.1, -0.05) is 95.0 Å². The van der Waals surface area contributed by atoms with E-state index in [4.69, 9.17) is 28.4 Å². The van der Waals surface area contributed by atoms with Gasteiger partial charge in [-0.05, 0) is 12.0 Å². The Morgan fingerprint density at radius 1 is 0.400 bits per heavy atom. The molecule has 1 rings (SSSR count). The van der Waals surface area contributed by atoms with Crippen LogP contribution in [0.4, 0.5) is 0 Å². The van der Waals surface area contributed by atoms with E-state index in [0.29, 0.717) is 72.7 Å². The van der Waals surface area contributed by atoms with Gasteiger partial charge in [-0.2, -0.15) is 0 Å². The molecule has 0 aliphatic rings. The molecular formula is C29H52O6. The van der Waals surface area contributed by atoms with E-state index in [2.05, 4.69) is 19.1 Å². The van der Waals surface area contributed by atoms with Crippen LogP contribution in [0.3, 0.4) is 0 Å². The topological polar surface area (TPSA) is 55.4 Å². The molecule has 204 valence electrons. The number of rotatable bonds is 28. The van der Waals surface area contributed by atoms with Crippen LogP contribution in [0.5, 0.6) is 0 Å². The predicted octanol–water partition coefficient (Wildman–Crippen LogP) is 6.21. The van der Waals surface area contributed by atoms with Crippen molar-refractivity contribution >= 4 is 0 Å². The van der Waals surface area contributed by atoms with E-state index in [0.717, 1.165) is 13.0 Å². The van der Waals surface area contributed by atoms with Crippen LogP contribution in [0, 0.1) is 0 Å². The SMILES string of the molecule is CCCCCCCCCCCCOCCOCCOCCOCCOCCOCc1ccccc1. The van der Waals surface area contributed by atoms with Gasteiger partial charge < -0.3 is 28.4 Å². The summed E-state index contributed by atoms with van der Waals surface area (Å²) in [4.78, 5) is 0. The van der Waals surface area contributed by atoms with E-state index >= 15 is 0 Å². The van der Waals surface area contributed by atoms with Crippen molar-refractivity contribution in [2.45, 2.75) is 77.7 Å². The van der Waals surface area contributed by atoms with E-state index in [9.17, 15) is 0 Å². The largest absolute Gasteiger partial charge is 0.379 e. The predicted molar refractivity (Wildman–Crippen MR) is 142 cm³/mol. The highest BCUT2D eigenvalue weighted by Crippen LogP contribution is 2.10. The highest BCUT2D eigenvalue weighted by Gasteiger charge is 1.96. The Morgan fingerprint density at radius 3 is 1.23 bits per heavy atom. The van der Waals surface area contributed by atoms with Gasteiger partial charge in [-0.3, -0.25) is 0 Å². The maximum atomic E-state index is 5.63. The maximum Gasteiger partial charge on any atom is 0.0718 e. The molecule has 35 heavy (non-hydrogen) atoms. The quantitative estimate of drug-likeness (QED) is 0.129. The number of benzene rings is 1. The molecule has 6 heteroatoms. The van der Waals surface area contributed by atoms with Crippen molar-refractivity contribution in [2.24, 2.45) is 0 Å². The summed E-state index contributed by atoms with van der Waals surface area (Å²) in [6, 6.07) is 10.1. The van der Waals surface area contributed by atoms with Crippen molar-refractivity contribution in [3.05, 3.63) is 35.9 Å². The minimum Gasteiger partial charge on any atom is -0.379 e. The molecule has 0 spiro atoms. The lowest BCUT2D eigenvalue weighted by Gasteiger charge is -2.08. The fraction of sp³-hybridized carbons (Fsp3) is 0.793. The molecular weight excluding hydrogens is 444 g/mol. The van der Waals surface area contributed by atoms with Gasteiger partial charge >= 0.3 is 0 Å². The molecule has 0 fully saturated rings. The van der Waals surface area contributed by atoms with Gasteiger partial charge in [-0.25, -0.2) is 0 Å². The van der Waals surface area contributed by atoms with Crippen LogP contribution < -0.4 is 0 Å². The van der Waals surface area contributed by atoms with Crippen LogP contribution in [0.25, 0.3) is 0 Å². The van der Waals surface area contributed by atoms with Gasteiger partial charge in [0.25, 0.3) is 0 Å². The lowest BCUT2D eigenvalue weighted by atomic mass is 10.1. The van der Waals surface area contributed by atoms with Crippen molar-refractivity contribution in [1.29, 1.82) is 0 Å². The Labute approximate surface area is 215 Å². The standard InChI is InChI=1S/C29H52O6/c1-2-3-4-5-6-7-8-9-10-14-17-30-18-19-31-20-21-32-22-23-33-24-25-34-26-27-35-28-29-15-12-11-13-16-29/h11-13,15-16H,2-10,14,17-28H2,1H3. The Hall–Kier alpha value is -1.02. The number of unbranched alkanes of at least 4 members (excludes halogenated alkanes) is 9. The van der Waals surface area contributed by atoms with Crippen LogP contribution >= 0.6 is 0 Å². The first-order chi connectivity index (χ1) is 17.4. The molecule has 1 aromatic rings. The van der Waals surface area contributed by atoms with Crippen LogP contribution in [0.1, 0.15) is 76.7 Å². The van der Waals surface area contributed by atoms with Gasteiger partial charge in [0.05, 0.1) is 72.7 Å². The van der Waals surface area contributed by atoms with Gasteiger partial charge in [-0.15, -0.1) is 0 Å². The molecule has 0 aliphatic heterocycles. The second kappa shape index (κ2) is 27.6. The summed E-state index contributed by atoms with van der Waals surface area (Å²) in [5, 5.41) is 0. The molecule has 0 aromatic heterocycles. The lowest BCUT2D eigenvalue weighted by Crippen LogP contribution is -2.14. The van der Waals surface area contributed by atoms with E-state index in [-0.39, 0.29) is 0 Å². The molecule has 0 N–H and O–H groups in total. The van der Waals surface area contributed by atoms with E-state index in [1.54, 1.807) is 0 Å². The third-order valence-corrected chi connectivity index (χ3v) is 5.61. The second-order valence-corrected chi connectivity index (χ2v) is 8.78. The third kappa shape index (κ3) is 24.5.